The first-order valence-corrected chi connectivity index (χ1v) is 18.8. The van der Waals surface area contributed by atoms with Crippen LogP contribution in [0.5, 0.6) is 0 Å². The molecular weight excluding hydrogens is 492 g/mol. The van der Waals surface area contributed by atoms with Gasteiger partial charge in [-0.1, -0.05) is 19.6 Å². The van der Waals surface area contributed by atoms with E-state index in [9.17, 15) is 4.79 Å². The average molecular weight is 537 g/mol. The minimum Gasteiger partial charge on any atom is -0.467 e. The molecule has 0 saturated carbocycles. The Labute approximate surface area is 208 Å². The fraction of sp³-hybridized carbons (Fsp3) is 0.762. The Hall–Kier alpha value is -1.04. The third kappa shape index (κ3) is 8.87. The first kappa shape index (κ1) is 31.0. The summed E-state index contributed by atoms with van der Waals surface area (Å²) in [7, 11) is 2.14. The van der Waals surface area contributed by atoms with Gasteiger partial charge in [0.25, 0.3) is 0 Å². The summed E-state index contributed by atoms with van der Waals surface area (Å²) < 4.78 is 40.8. The number of carbonyl (C=O) groups is 1. The van der Waals surface area contributed by atoms with E-state index in [0.717, 1.165) is 5.76 Å². The van der Waals surface area contributed by atoms with E-state index in [1.54, 1.807) is 48.9 Å². The van der Waals surface area contributed by atoms with Crippen molar-refractivity contribution < 1.29 is 35.8 Å². The maximum Gasteiger partial charge on any atom is 0.500 e. The average Bonchev–Trinajstić information content (AvgIpc) is 3.35. The van der Waals surface area contributed by atoms with Crippen molar-refractivity contribution in [2.24, 2.45) is 0 Å². The predicted octanol–water partition coefficient (Wildman–Crippen LogP) is 3.87. The van der Waals surface area contributed by atoms with Crippen LogP contribution >= 0.6 is 0 Å². The molecule has 1 rings (SSSR count). The summed E-state index contributed by atoms with van der Waals surface area (Å²) in [6.07, 6.45) is 3.01. The molecule has 1 aromatic rings. The summed E-state index contributed by atoms with van der Waals surface area (Å²) in [5.74, 6) is 0.768. The Bertz CT molecular complexity index is 652. The van der Waals surface area contributed by atoms with Crippen molar-refractivity contribution in [2.45, 2.75) is 51.1 Å². The number of rotatable bonds is 17. The molecule has 0 radical (unpaired) electrons. The first-order valence-electron chi connectivity index (χ1n) is 11.5. The molecule has 10 nitrogen and oxygen atoms in total. The molecule has 0 spiro atoms. The molecule has 0 fully saturated rings. The molecule has 2 amide bonds. The van der Waals surface area contributed by atoms with E-state index in [0.29, 0.717) is 44.6 Å². The lowest BCUT2D eigenvalue weighted by molar-refractivity contribution is 0.119. The molecule has 0 bridgehead atoms. The highest BCUT2D eigenvalue weighted by Crippen LogP contribution is 2.22. The lowest BCUT2D eigenvalue weighted by atomic mass is 10.3. The van der Waals surface area contributed by atoms with Gasteiger partial charge in [0.2, 0.25) is 0 Å². The maximum absolute atomic E-state index is 13.8. The van der Waals surface area contributed by atoms with Crippen LogP contribution in [0, 0.1) is 0 Å². The van der Waals surface area contributed by atoms with Crippen molar-refractivity contribution >= 4 is 31.9 Å². The Balaban J connectivity index is 3.03. The smallest absolute Gasteiger partial charge is 0.467 e. The monoisotopic (exact) mass is 536 g/mol. The van der Waals surface area contributed by atoms with Crippen LogP contribution in [0.4, 0.5) is 4.79 Å². The van der Waals surface area contributed by atoms with Crippen molar-refractivity contribution in [3.05, 3.63) is 24.2 Å². The lowest BCUT2D eigenvalue weighted by Crippen LogP contribution is -2.55. The highest BCUT2D eigenvalue weighted by atomic mass is 28.4. The summed E-state index contributed by atoms with van der Waals surface area (Å²) in [6.45, 7) is 8.00. The fourth-order valence-corrected chi connectivity index (χ4v) is 8.46. The van der Waals surface area contributed by atoms with Crippen molar-refractivity contribution in [3.63, 3.8) is 0 Å². The second-order valence-corrected chi connectivity index (χ2v) is 20.0. The van der Waals surface area contributed by atoms with Crippen LogP contribution in [-0.2, 0) is 33.1 Å². The van der Waals surface area contributed by atoms with Crippen LogP contribution < -0.4 is 0 Å². The highest BCUT2D eigenvalue weighted by Gasteiger charge is 2.39. The van der Waals surface area contributed by atoms with Gasteiger partial charge in [-0.3, -0.25) is 0 Å². The molecule has 0 N–H and O–H groups in total. The maximum atomic E-state index is 13.8. The molecule has 1 heterocycles. The molecule has 0 unspecified atom stereocenters. The van der Waals surface area contributed by atoms with Gasteiger partial charge in [-0.25, -0.2) is 4.79 Å². The van der Waals surface area contributed by atoms with Gasteiger partial charge in [-0.15, -0.1) is 0 Å². The van der Waals surface area contributed by atoms with Crippen molar-refractivity contribution in [1.82, 2.24) is 9.47 Å². The summed E-state index contributed by atoms with van der Waals surface area (Å²) >= 11 is 0. The minimum atomic E-state index is -2.72. The summed E-state index contributed by atoms with van der Waals surface area (Å²) in [6, 6.07) is 4.96. The third-order valence-corrected chi connectivity index (χ3v) is 13.5. The topological polar surface area (TPSA) is 92.1 Å². The molecule has 34 heavy (non-hydrogen) atoms. The largest absolute Gasteiger partial charge is 0.500 e. The van der Waals surface area contributed by atoms with Gasteiger partial charge >= 0.3 is 23.6 Å². The van der Waals surface area contributed by atoms with E-state index >= 15 is 0 Å². The molecular formula is C21H44N2O8Si3. The van der Waals surface area contributed by atoms with Gasteiger partial charge in [-0.05, 0) is 25.0 Å². The number of hydrogen-bond donors (Lipinski definition) is 0. The van der Waals surface area contributed by atoms with E-state index in [1.807, 2.05) is 21.6 Å². The predicted molar refractivity (Wildman–Crippen MR) is 137 cm³/mol. The molecule has 0 aromatic carbocycles. The number of hydrogen-bond acceptors (Lipinski definition) is 8. The molecule has 0 aliphatic carbocycles. The molecule has 0 saturated heterocycles. The fourth-order valence-electron chi connectivity index (χ4n) is 3.71. The Kier molecular flexibility index (Phi) is 13.2. The summed E-state index contributed by atoms with van der Waals surface area (Å²) in [4.78, 5) is 15.7. The molecule has 198 valence electrons. The van der Waals surface area contributed by atoms with Gasteiger partial charge in [0.15, 0.2) is 8.24 Å². The highest BCUT2D eigenvalue weighted by molar-refractivity contribution is 6.75. The zero-order valence-corrected chi connectivity index (χ0v) is 25.3. The van der Waals surface area contributed by atoms with E-state index < -0.39 is 25.8 Å². The zero-order valence-electron chi connectivity index (χ0n) is 22.3. The van der Waals surface area contributed by atoms with Crippen LogP contribution in [-0.4, -0.2) is 97.1 Å². The number of amides is 2. The first-order chi connectivity index (χ1) is 16.1. The van der Waals surface area contributed by atoms with Crippen LogP contribution in [0.1, 0.15) is 18.6 Å². The molecule has 1 aromatic heterocycles. The van der Waals surface area contributed by atoms with Gasteiger partial charge in [-0.2, -0.15) is 0 Å². The minimum absolute atomic E-state index is 0.00500. The number of carbonyl (C=O) groups excluding carboxylic acids is 1. The standard InChI is InChI=1S/C21H44N2O8Si3/c1-25-33(26-2,27-3)17-11-14-22(15-12-18-34(28-4,29-5)30-6)21(24)23(32(7,8)9)19-20-13-10-16-31-20/h10,13,16H,11-12,14-15,17-19H2,1-9H3. The number of furan rings is 1. The Morgan fingerprint density at radius 3 is 1.59 bits per heavy atom. The van der Waals surface area contributed by atoms with Crippen molar-refractivity contribution in [1.29, 1.82) is 0 Å². The molecule has 0 aliphatic rings. The second kappa shape index (κ2) is 14.5. The third-order valence-electron chi connectivity index (χ3n) is 5.89. The van der Waals surface area contributed by atoms with Gasteiger partial charge in [0.05, 0.1) is 12.8 Å². The Morgan fingerprint density at radius 2 is 1.26 bits per heavy atom. The molecule has 0 atom stereocenters. The second-order valence-electron chi connectivity index (χ2n) is 8.90. The summed E-state index contributed by atoms with van der Waals surface area (Å²) in [5.41, 5.74) is 0. The van der Waals surface area contributed by atoms with Crippen LogP contribution in [0.3, 0.4) is 0 Å². The van der Waals surface area contributed by atoms with Gasteiger partial charge in [0, 0.05) is 67.8 Å². The van der Waals surface area contributed by atoms with E-state index in [1.165, 1.54) is 0 Å². The van der Waals surface area contributed by atoms with Gasteiger partial charge in [0.1, 0.15) is 5.76 Å². The lowest BCUT2D eigenvalue weighted by Gasteiger charge is -2.38. The van der Waals surface area contributed by atoms with Crippen LogP contribution in [0.25, 0.3) is 0 Å². The number of urea groups is 1. The molecule has 13 heteroatoms. The zero-order chi connectivity index (χ0) is 25.8. The van der Waals surface area contributed by atoms with Crippen molar-refractivity contribution in [2.75, 3.05) is 55.7 Å². The number of nitrogens with zero attached hydrogens (tertiary/aromatic N) is 2. The van der Waals surface area contributed by atoms with Crippen LogP contribution in [0.2, 0.25) is 31.7 Å². The summed E-state index contributed by atoms with van der Waals surface area (Å²) in [5, 5.41) is 0. The molecule has 0 aliphatic heterocycles. The Morgan fingerprint density at radius 1 is 0.824 bits per heavy atom. The van der Waals surface area contributed by atoms with Gasteiger partial charge < -0.3 is 40.4 Å². The van der Waals surface area contributed by atoms with E-state index in [4.69, 9.17) is 31.0 Å². The SMILES string of the molecule is CO[Si](CCCN(CCC[Si](OC)(OC)OC)C(=O)N(Cc1ccco1)[Si](C)(C)C)(OC)OC. The van der Waals surface area contributed by atoms with E-state index in [2.05, 4.69) is 19.6 Å². The van der Waals surface area contributed by atoms with Crippen molar-refractivity contribution in [3.8, 4) is 0 Å². The van der Waals surface area contributed by atoms with E-state index in [-0.39, 0.29) is 6.03 Å². The quantitative estimate of drug-likeness (QED) is 0.277. The van der Waals surface area contributed by atoms with Crippen LogP contribution in [0.15, 0.2) is 22.8 Å². The normalized spacial score (nSPS) is 12.7.